The topological polar surface area (TPSA) is 34.1 Å². The molecule has 0 aliphatic carbocycles. The Morgan fingerprint density at radius 1 is 1.17 bits per heavy atom. The Balaban J connectivity index is 2.70. The first kappa shape index (κ1) is 8.40. The molecule has 1 aromatic rings. The van der Waals surface area contributed by atoms with Crippen LogP contribution in [0.4, 0.5) is 0 Å². The summed E-state index contributed by atoms with van der Waals surface area (Å²) >= 11 is 0. The van der Waals surface area contributed by atoms with Gasteiger partial charge in [0.2, 0.25) is 5.78 Å². The fraction of sp³-hybridized carbons (Fsp3) is 0. The fourth-order valence-electron chi connectivity index (χ4n) is 0.782. The van der Waals surface area contributed by atoms with Crippen LogP contribution in [0.5, 0.6) is 0 Å². The second kappa shape index (κ2) is 4.23. The molecule has 2 heteroatoms. The van der Waals surface area contributed by atoms with Crippen molar-refractivity contribution in [1.82, 2.24) is 0 Å². The highest BCUT2D eigenvalue weighted by molar-refractivity contribution is 6.31. The van der Waals surface area contributed by atoms with Gasteiger partial charge in [-0.1, -0.05) is 36.4 Å². The highest BCUT2D eigenvalue weighted by Gasteiger charge is 1.89. The first-order chi connectivity index (χ1) is 5.83. The van der Waals surface area contributed by atoms with Gasteiger partial charge in [-0.05, 0) is 11.6 Å². The normalized spacial score (nSPS) is 10.0. The first-order valence-corrected chi connectivity index (χ1v) is 3.55. The summed E-state index contributed by atoms with van der Waals surface area (Å²) in [6.45, 7) is 0. The van der Waals surface area contributed by atoms with Crippen LogP contribution in [0.1, 0.15) is 5.56 Å². The first-order valence-electron chi connectivity index (χ1n) is 3.55. The largest absolute Gasteiger partial charge is 0.294 e. The number of benzene rings is 1. The summed E-state index contributed by atoms with van der Waals surface area (Å²) < 4.78 is 0. The van der Waals surface area contributed by atoms with Gasteiger partial charge in [-0.2, -0.15) is 0 Å². The van der Waals surface area contributed by atoms with Gasteiger partial charge in [-0.25, -0.2) is 0 Å². The van der Waals surface area contributed by atoms with Crippen molar-refractivity contribution in [2.45, 2.75) is 0 Å². The summed E-state index contributed by atoms with van der Waals surface area (Å²) in [4.78, 5) is 20.5. The lowest BCUT2D eigenvalue weighted by atomic mass is 10.2. The number of aldehydes is 1. The van der Waals surface area contributed by atoms with E-state index in [1.54, 1.807) is 6.08 Å². The van der Waals surface area contributed by atoms with Crippen molar-refractivity contribution in [2.75, 3.05) is 0 Å². The van der Waals surface area contributed by atoms with Gasteiger partial charge in [-0.15, -0.1) is 0 Å². The summed E-state index contributed by atoms with van der Waals surface area (Å²) in [7, 11) is 0. The lowest BCUT2D eigenvalue weighted by Gasteiger charge is -1.88. The summed E-state index contributed by atoms with van der Waals surface area (Å²) in [5.41, 5.74) is 0.910. The molecule has 0 bridgehead atoms. The molecule has 0 aliphatic rings. The summed E-state index contributed by atoms with van der Waals surface area (Å²) in [6, 6.07) is 9.33. The molecule has 0 saturated carbocycles. The second-order valence-corrected chi connectivity index (χ2v) is 2.26. The summed E-state index contributed by atoms with van der Waals surface area (Å²) in [5, 5.41) is 0. The molecule has 60 valence electrons. The van der Waals surface area contributed by atoms with Crippen LogP contribution in [-0.4, -0.2) is 12.1 Å². The zero-order chi connectivity index (χ0) is 8.81. The van der Waals surface area contributed by atoms with Gasteiger partial charge in [0.1, 0.15) is 0 Å². The van der Waals surface area contributed by atoms with Crippen LogP contribution in [0.15, 0.2) is 36.4 Å². The molecule has 0 amide bonds. The van der Waals surface area contributed by atoms with Gasteiger partial charge < -0.3 is 0 Å². The van der Waals surface area contributed by atoms with Crippen molar-refractivity contribution in [3.63, 3.8) is 0 Å². The third-order valence-electron chi connectivity index (χ3n) is 1.36. The van der Waals surface area contributed by atoms with E-state index in [1.807, 2.05) is 30.3 Å². The van der Waals surface area contributed by atoms with E-state index >= 15 is 0 Å². The molecule has 1 rings (SSSR count). The van der Waals surface area contributed by atoms with Crippen LogP contribution in [-0.2, 0) is 9.59 Å². The van der Waals surface area contributed by atoms with Crippen molar-refractivity contribution >= 4 is 18.1 Å². The Kier molecular flexibility index (Phi) is 2.96. The molecule has 0 unspecified atom stereocenters. The third-order valence-corrected chi connectivity index (χ3v) is 1.36. The molecular formula is C10H8O2. The van der Waals surface area contributed by atoms with E-state index in [1.165, 1.54) is 6.08 Å². The molecular weight excluding hydrogens is 152 g/mol. The Bertz CT molecular complexity index is 299. The van der Waals surface area contributed by atoms with Crippen LogP contribution >= 0.6 is 0 Å². The van der Waals surface area contributed by atoms with Crippen molar-refractivity contribution in [3.05, 3.63) is 42.0 Å². The van der Waals surface area contributed by atoms with E-state index in [9.17, 15) is 9.59 Å². The van der Waals surface area contributed by atoms with Crippen LogP contribution in [0.25, 0.3) is 6.08 Å². The average molecular weight is 160 g/mol. The maximum atomic E-state index is 10.5. The highest BCUT2D eigenvalue weighted by Crippen LogP contribution is 2.00. The van der Waals surface area contributed by atoms with E-state index in [2.05, 4.69) is 0 Å². The lowest BCUT2D eigenvalue weighted by molar-refractivity contribution is -0.126. The van der Waals surface area contributed by atoms with E-state index in [-0.39, 0.29) is 0 Å². The maximum Gasteiger partial charge on any atom is 0.218 e. The van der Waals surface area contributed by atoms with Crippen molar-refractivity contribution in [1.29, 1.82) is 0 Å². The van der Waals surface area contributed by atoms with Crippen molar-refractivity contribution < 1.29 is 9.59 Å². The SMILES string of the molecule is O=CC(=O)/C=C/c1ccccc1. The molecule has 0 saturated heterocycles. The van der Waals surface area contributed by atoms with Gasteiger partial charge in [0.15, 0.2) is 6.29 Å². The number of hydrogen-bond donors (Lipinski definition) is 0. The molecule has 0 spiro atoms. The Morgan fingerprint density at radius 3 is 2.42 bits per heavy atom. The van der Waals surface area contributed by atoms with Crippen LogP contribution in [0.2, 0.25) is 0 Å². The zero-order valence-corrected chi connectivity index (χ0v) is 6.44. The average Bonchev–Trinajstić information content (AvgIpc) is 2.16. The molecule has 0 fully saturated rings. The van der Waals surface area contributed by atoms with Gasteiger partial charge >= 0.3 is 0 Å². The number of carbonyl (C=O) groups is 2. The summed E-state index contributed by atoms with van der Waals surface area (Å²) in [5.74, 6) is -0.515. The molecule has 1 aromatic carbocycles. The number of rotatable bonds is 3. The van der Waals surface area contributed by atoms with Crippen molar-refractivity contribution in [3.8, 4) is 0 Å². The Hall–Kier alpha value is -1.70. The van der Waals surface area contributed by atoms with Crippen LogP contribution < -0.4 is 0 Å². The fourth-order valence-corrected chi connectivity index (χ4v) is 0.782. The van der Waals surface area contributed by atoms with E-state index in [4.69, 9.17) is 0 Å². The molecule has 0 radical (unpaired) electrons. The minimum atomic E-state index is -0.515. The second-order valence-electron chi connectivity index (χ2n) is 2.26. The van der Waals surface area contributed by atoms with Gasteiger partial charge in [0, 0.05) is 0 Å². The quantitative estimate of drug-likeness (QED) is 0.381. The Morgan fingerprint density at radius 2 is 1.83 bits per heavy atom. The Labute approximate surface area is 70.5 Å². The van der Waals surface area contributed by atoms with Gasteiger partial charge in [-0.3, -0.25) is 9.59 Å². The number of ketones is 1. The smallest absolute Gasteiger partial charge is 0.218 e. The molecule has 0 aliphatic heterocycles. The minimum absolute atomic E-state index is 0.291. The van der Waals surface area contributed by atoms with E-state index < -0.39 is 5.78 Å². The van der Waals surface area contributed by atoms with Gasteiger partial charge in [0.25, 0.3) is 0 Å². The maximum absolute atomic E-state index is 10.5. The van der Waals surface area contributed by atoms with Crippen molar-refractivity contribution in [2.24, 2.45) is 0 Å². The molecule has 0 atom stereocenters. The zero-order valence-electron chi connectivity index (χ0n) is 6.44. The standard InChI is InChI=1S/C10H8O2/c11-8-10(12)7-6-9-4-2-1-3-5-9/h1-8H/b7-6+. The third kappa shape index (κ3) is 2.50. The number of hydrogen-bond acceptors (Lipinski definition) is 2. The number of carbonyl (C=O) groups excluding carboxylic acids is 2. The number of allylic oxidation sites excluding steroid dienone is 1. The molecule has 0 heterocycles. The highest BCUT2D eigenvalue weighted by atomic mass is 16.2. The molecule has 2 nitrogen and oxygen atoms in total. The van der Waals surface area contributed by atoms with E-state index in [0.29, 0.717) is 6.29 Å². The predicted octanol–water partition coefficient (Wildman–Crippen LogP) is 1.47. The van der Waals surface area contributed by atoms with Gasteiger partial charge in [0.05, 0.1) is 0 Å². The molecule has 12 heavy (non-hydrogen) atoms. The lowest BCUT2D eigenvalue weighted by Crippen LogP contribution is -1.90. The molecule has 0 N–H and O–H groups in total. The predicted molar refractivity (Wildman–Crippen MR) is 46.5 cm³/mol. The minimum Gasteiger partial charge on any atom is -0.294 e. The molecule has 0 aromatic heterocycles. The van der Waals surface area contributed by atoms with Crippen LogP contribution in [0, 0.1) is 0 Å². The van der Waals surface area contributed by atoms with Crippen LogP contribution in [0.3, 0.4) is 0 Å². The monoisotopic (exact) mass is 160 g/mol. The van der Waals surface area contributed by atoms with E-state index in [0.717, 1.165) is 5.56 Å². The summed E-state index contributed by atoms with van der Waals surface area (Å²) in [6.07, 6.45) is 3.15.